The van der Waals surface area contributed by atoms with Gasteiger partial charge in [0.2, 0.25) is 5.76 Å². The van der Waals surface area contributed by atoms with Crippen molar-refractivity contribution >= 4 is 23.8 Å². The van der Waals surface area contributed by atoms with E-state index in [1.165, 1.54) is 20.0 Å². The van der Waals surface area contributed by atoms with Crippen molar-refractivity contribution in [3.63, 3.8) is 0 Å². The summed E-state index contributed by atoms with van der Waals surface area (Å²) < 4.78 is 16.2. The van der Waals surface area contributed by atoms with Crippen LogP contribution in [0.5, 0.6) is 5.88 Å². The molecule has 1 aromatic rings. The normalized spacial score (nSPS) is 32.0. The van der Waals surface area contributed by atoms with Crippen LogP contribution in [0.3, 0.4) is 0 Å². The fraction of sp³-hybridized carbons (Fsp3) is 0.800. The van der Waals surface area contributed by atoms with E-state index in [0.29, 0.717) is 27.9 Å². The lowest BCUT2D eigenvalue weighted by molar-refractivity contribution is -0.137. The summed E-state index contributed by atoms with van der Waals surface area (Å²) in [6, 6.07) is 0.0568. The van der Waals surface area contributed by atoms with Crippen LogP contribution in [-0.4, -0.2) is 58.4 Å². The van der Waals surface area contributed by atoms with Gasteiger partial charge >= 0.3 is 6.09 Å². The maximum atomic E-state index is 13.5. The summed E-state index contributed by atoms with van der Waals surface area (Å²) >= 11 is 1.60. The van der Waals surface area contributed by atoms with E-state index < -0.39 is 17.2 Å². The third kappa shape index (κ3) is 5.28. The molecule has 194 valence electrons. The molecule has 1 heterocycles. The standard InChI is InChI=1S/C25H37N3O6S/c1-24(2,27-23(30)32-3)13-33-22-20(35-17-6-4-5-7-17)19(34-28-22)21(29)26-18-15-8-14-9-16(18)12-25(31,10-14)11-15/h14-18,31H,4-13H2,1-3H3,(H,26,29)(H,27,30)/t14?,15?,16?,18-,25-. The van der Waals surface area contributed by atoms with Crippen LogP contribution in [0.2, 0.25) is 0 Å². The third-order valence-corrected chi connectivity index (χ3v) is 9.55. The van der Waals surface area contributed by atoms with Crippen LogP contribution in [0, 0.1) is 17.8 Å². The summed E-state index contributed by atoms with van der Waals surface area (Å²) in [7, 11) is 1.31. The first-order valence-electron chi connectivity index (χ1n) is 12.8. The summed E-state index contributed by atoms with van der Waals surface area (Å²) in [6.45, 7) is 3.78. The minimum Gasteiger partial charge on any atom is -0.472 e. The largest absolute Gasteiger partial charge is 0.472 e. The number of rotatable bonds is 8. The van der Waals surface area contributed by atoms with Crippen molar-refractivity contribution in [2.24, 2.45) is 17.8 Å². The van der Waals surface area contributed by atoms with Gasteiger partial charge in [-0.15, -0.1) is 11.8 Å². The molecule has 5 fully saturated rings. The highest BCUT2D eigenvalue weighted by atomic mass is 32.2. The van der Waals surface area contributed by atoms with E-state index in [1.54, 1.807) is 11.8 Å². The van der Waals surface area contributed by atoms with Crippen molar-refractivity contribution < 1.29 is 28.7 Å². The second-order valence-electron chi connectivity index (χ2n) is 11.7. The molecule has 5 aliphatic carbocycles. The zero-order chi connectivity index (χ0) is 24.8. The number of carbonyl (C=O) groups excluding carboxylic acids is 2. The molecule has 0 spiro atoms. The Morgan fingerprint density at radius 1 is 1.20 bits per heavy atom. The van der Waals surface area contributed by atoms with Crippen LogP contribution in [0.25, 0.3) is 0 Å². The topological polar surface area (TPSA) is 123 Å². The predicted octanol–water partition coefficient (Wildman–Crippen LogP) is 3.89. The van der Waals surface area contributed by atoms with Gasteiger partial charge in [-0.2, -0.15) is 0 Å². The van der Waals surface area contributed by atoms with Gasteiger partial charge in [-0.05, 0) is 81.7 Å². The van der Waals surface area contributed by atoms with Gasteiger partial charge in [0.15, 0.2) is 0 Å². The number of amides is 2. The Morgan fingerprint density at radius 3 is 2.51 bits per heavy atom. The molecule has 4 bridgehead atoms. The van der Waals surface area contributed by atoms with E-state index in [9.17, 15) is 14.7 Å². The number of nitrogens with one attached hydrogen (secondary N) is 2. The average molecular weight is 508 g/mol. The molecule has 2 amide bonds. The monoisotopic (exact) mass is 507 g/mol. The Hall–Kier alpha value is -1.94. The van der Waals surface area contributed by atoms with Gasteiger partial charge in [-0.25, -0.2) is 4.79 Å². The van der Waals surface area contributed by atoms with E-state index in [1.807, 2.05) is 13.8 Å². The summed E-state index contributed by atoms with van der Waals surface area (Å²) in [5.74, 6) is 1.42. The Labute approximate surface area is 210 Å². The van der Waals surface area contributed by atoms with Gasteiger partial charge in [0.25, 0.3) is 11.8 Å². The lowest BCUT2D eigenvalue weighted by Crippen LogP contribution is -2.61. The number of aromatic nitrogens is 1. The molecule has 10 heteroatoms. The van der Waals surface area contributed by atoms with Crippen LogP contribution in [0.1, 0.15) is 82.2 Å². The number of hydrogen-bond donors (Lipinski definition) is 3. The van der Waals surface area contributed by atoms with Crippen LogP contribution < -0.4 is 15.4 Å². The maximum Gasteiger partial charge on any atom is 0.407 e. The number of methoxy groups -OCH3 is 1. The molecule has 0 saturated heterocycles. The molecule has 2 atom stereocenters. The fourth-order valence-electron chi connectivity index (χ4n) is 6.83. The highest BCUT2D eigenvalue weighted by Gasteiger charge is 2.55. The maximum absolute atomic E-state index is 13.5. The van der Waals surface area contributed by atoms with Crippen molar-refractivity contribution in [3.8, 4) is 5.88 Å². The summed E-state index contributed by atoms with van der Waals surface area (Å²) in [5, 5.41) is 21.4. The zero-order valence-corrected chi connectivity index (χ0v) is 21.6. The molecule has 5 saturated carbocycles. The van der Waals surface area contributed by atoms with E-state index >= 15 is 0 Å². The number of hydrogen-bond acceptors (Lipinski definition) is 8. The molecule has 5 aliphatic rings. The molecule has 2 unspecified atom stereocenters. The van der Waals surface area contributed by atoms with E-state index in [4.69, 9.17) is 14.0 Å². The lowest BCUT2D eigenvalue weighted by atomic mass is 9.52. The lowest BCUT2D eigenvalue weighted by Gasteiger charge is -2.58. The van der Waals surface area contributed by atoms with E-state index in [-0.39, 0.29) is 30.2 Å². The van der Waals surface area contributed by atoms with Gasteiger partial charge in [0.1, 0.15) is 11.5 Å². The minimum absolute atomic E-state index is 0.0568. The second kappa shape index (κ2) is 9.50. The minimum atomic E-state index is -0.704. The molecular weight excluding hydrogens is 470 g/mol. The second-order valence-corrected chi connectivity index (χ2v) is 13.0. The van der Waals surface area contributed by atoms with Crippen LogP contribution >= 0.6 is 11.8 Å². The Balaban J connectivity index is 1.31. The molecular formula is C25H37N3O6S. The van der Waals surface area contributed by atoms with Gasteiger partial charge in [-0.1, -0.05) is 12.8 Å². The summed E-state index contributed by atoms with van der Waals surface area (Å²) in [4.78, 5) is 25.7. The van der Waals surface area contributed by atoms with Crippen molar-refractivity contribution in [1.82, 2.24) is 15.8 Å². The highest BCUT2D eigenvalue weighted by molar-refractivity contribution is 8.00. The average Bonchev–Trinajstić information content (AvgIpc) is 3.43. The van der Waals surface area contributed by atoms with Gasteiger partial charge in [0.05, 0.1) is 18.2 Å². The number of ether oxygens (including phenoxy) is 2. The summed E-state index contributed by atoms with van der Waals surface area (Å²) in [5.41, 5.74) is -1.25. The van der Waals surface area contributed by atoms with Crippen molar-refractivity contribution in [2.75, 3.05) is 13.7 Å². The molecule has 3 N–H and O–H groups in total. The Morgan fingerprint density at radius 2 is 1.89 bits per heavy atom. The first-order chi connectivity index (χ1) is 16.6. The van der Waals surface area contributed by atoms with Gasteiger partial charge < -0.3 is 29.7 Å². The Bertz CT molecular complexity index is 943. The van der Waals surface area contributed by atoms with Crippen molar-refractivity contribution in [2.45, 2.75) is 99.0 Å². The molecule has 0 radical (unpaired) electrons. The first kappa shape index (κ1) is 24.7. The van der Waals surface area contributed by atoms with Crippen molar-refractivity contribution in [3.05, 3.63) is 5.76 Å². The molecule has 0 aliphatic heterocycles. The molecule has 9 nitrogen and oxygen atoms in total. The zero-order valence-electron chi connectivity index (χ0n) is 20.8. The molecule has 35 heavy (non-hydrogen) atoms. The van der Waals surface area contributed by atoms with Crippen LogP contribution in [0.15, 0.2) is 9.42 Å². The van der Waals surface area contributed by atoms with Gasteiger partial charge in [0, 0.05) is 11.3 Å². The number of thioether (sulfide) groups is 1. The number of alkyl carbamates (subject to hydrolysis) is 1. The Kier molecular flexibility index (Phi) is 6.72. The predicted molar refractivity (Wildman–Crippen MR) is 129 cm³/mol. The third-order valence-electron chi connectivity index (χ3n) is 8.15. The fourth-order valence-corrected chi connectivity index (χ4v) is 8.16. The van der Waals surface area contributed by atoms with Gasteiger partial charge in [-0.3, -0.25) is 4.79 Å². The number of nitrogens with zero attached hydrogens (tertiary/aromatic N) is 1. The van der Waals surface area contributed by atoms with Crippen LogP contribution in [0.4, 0.5) is 4.79 Å². The van der Waals surface area contributed by atoms with E-state index in [0.717, 1.165) is 44.9 Å². The quantitative estimate of drug-likeness (QED) is 0.484. The van der Waals surface area contributed by atoms with E-state index in [2.05, 4.69) is 15.8 Å². The highest BCUT2D eigenvalue weighted by Crippen LogP contribution is 2.55. The van der Waals surface area contributed by atoms with Crippen molar-refractivity contribution in [1.29, 1.82) is 0 Å². The smallest absolute Gasteiger partial charge is 0.407 e. The number of carbonyl (C=O) groups is 2. The number of aliphatic hydroxyl groups is 1. The molecule has 6 rings (SSSR count). The SMILES string of the molecule is COC(=O)NC(C)(C)COc1noc(C(=O)N[C@H]2C3CC4CC2C[C@](O)(C4)C3)c1SC1CCCC1. The summed E-state index contributed by atoms with van der Waals surface area (Å²) in [6.07, 6.45) is 8.55. The molecule has 1 aromatic heterocycles. The van der Waals surface area contributed by atoms with Crippen LogP contribution in [-0.2, 0) is 4.74 Å². The first-order valence-corrected chi connectivity index (χ1v) is 13.7. The molecule has 0 aromatic carbocycles.